The van der Waals surface area contributed by atoms with Crippen LogP contribution < -0.4 is 10.0 Å². The largest absolute Gasteiger partial charge is 0.548 e. The van der Waals surface area contributed by atoms with Crippen LogP contribution in [0.15, 0.2) is 18.5 Å². The second kappa shape index (κ2) is 3.61. The van der Waals surface area contributed by atoms with Crippen LogP contribution in [0.3, 0.4) is 0 Å². The van der Waals surface area contributed by atoms with Crippen LogP contribution in [-0.4, -0.2) is 28.5 Å². The monoisotopic (exact) mass is 192 g/mol. The summed E-state index contributed by atoms with van der Waals surface area (Å²) < 4.78 is 0. The van der Waals surface area contributed by atoms with Gasteiger partial charge in [-0.05, 0) is 18.9 Å². The van der Waals surface area contributed by atoms with Crippen LogP contribution in [0.5, 0.6) is 0 Å². The van der Waals surface area contributed by atoms with Gasteiger partial charge in [0.2, 0.25) is 5.95 Å². The number of hydrogen-bond donors (Lipinski definition) is 0. The van der Waals surface area contributed by atoms with Gasteiger partial charge >= 0.3 is 0 Å². The second-order valence-corrected chi connectivity index (χ2v) is 3.22. The van der Waals surface area contributed by atoms with E-state index in [1.807, 2.05) is 0 Å². The minimum atomic E-state index is -1.05. The molecule has 1 aliphatic rings. The highest BCUT2D eigenvalue weighted by atomic mass is 16.4. The summed E-state index contributed by atoms with van der Waals surface area (Å²) in [4.78, 5) is 20.5. The Bertz CT molecular complexity index is 328. The van der Waals surface area contributed by atoms with E-state index in [1.54, 1.807) is 23.4 Å². The SMILES string of the molecule is O=C([O-])[C@@H]1CCCN1c1ncccn1. The lowest BCUT2D eigenvalue weighted by Gasteiger charge is -2.24. The molecular weight excluding hydrogens is 182 g/mol. The van der Waals surface area contributed by atoms with E-state index in [1.165, 1.54) is 0 Å². The summed E-state index contributed by atoms with van der Waals surface area (Å²) in [7, 11) is 0. The molecule has 5 nitrogen and oxygen atoms in total. The van der Waals surface area contributed by atoms with Crippen molar-refractivity contribution in [3.05, 3.63) is 18.5 Å². The molecule has 14 heavy (non-hydrogen) atoms. The summed E-state index contributed by atoms with van der Waals surface area (Å²) in [5.41, 5.74) is 0. The van der Waals surface area contributed by atoms with Gasteiger partial charge in [0.05, 0.1) is 12.0 Å². The molecule has 5 heteroatoms. The summed E-state index contributed by atoms with van der Waals surface area (Å²) in [6, 6.07) is 1.13. The zero-order valence-corrected chi connectivity index (χ0v) is 7.59. The Morgan fingerprint density at radius 2 is 2.21 bits per heavy atom. The first-order valence-corrected chi connectivity index (χ1v) is 4.53. The maximum absolute atomic E-state index is 10.8. The molecule has 1 atom stereocenters. The lowest BCUT2D eigenvalue weighted by atomic mass is 10.2. The van der Waals surface area contributed by atoms with Gasteiger partial charge in [-0.15, -0.1) is 0 Å². The van der Waals surface area contributed by atoms with E-state index in [9.17, 15) is 9.90 Å². The summed E-state index contributed by atoms with van der Waals surface area (Å²) in [6.07, 6.45) is 4.66. The summed E-state index contributed by atoms with van der Waals surface area (Å²) in [6.45, 7) is 0.683. The normalized spacial score (nSPS) is 21.1. The lowest BCUT2D eigenvalue weighted by Crippen LogP contribution is -2.45. The molecule has 74 valence electrons. The molecule has 0 radical (unpaired) electrons. The second-order valence-electron chi connectivity index (χ2n) is 3.22. The standard InChI is InChI=1S/C9H11N3O2/c13-8(14)7-3-1-6-12(7)9-10-4-2-5-11-9/h2,4-5,7H,1,3,6H2,(H,13,14)/p-1/t7-/m0/s1. The molecule has 0 bridgehead atoms. The first-order chi connectivity index (χ1) is 6.79. The Kier molecular flexibility index (Phi) is 2.30. The average Bonchev–Trinajstić information content (AvgIpc) is 2.67. The van der Waals surface area contributed by atoms with E-state index in [0.29, 0.717) is 18.9 Å². The number of carboxylic acid groups (broad SMARTS) is 1. The fraction of sp³-hybridized carbons (Fsp3) is 0.444. The molecule has 0 aromatic carbocycles. The first kappa shape index (κ1) is 8.93. The van der Waals surface area contributed by atoms with Crippen molar-refractivity contribution in [2.45, 2.75) is 18.9 Å². The van der Waals surface area contributed by atoms with E-state index in [-0.39, 0.29) is 0 Å². The van der Waals surface area contributed by atoms with Gasteiger partial charge in [0.15, 0.2) is 0 Å². The highest BCUT2D eigenvalue weighted by Crippen LogP contribution is 2.20. The van der Waals surface area contributed by atoms with Crippen molar-refractivity contribution >= 4 is 11.9 Å². The van der Waals surface area contributed by atoms with Crippen LogP contribution in [0, 0.1) is 0 Å². The van der Waals surface area contributed by atoms with Gasteiger partial charge in [-0.3, -0.25) is 0 Å². The van der Waals surface area contributed by atoms with Crippen molar-refractivity contribution < 1.29 is 9.90 Å². The van der Waals surface area contributed by atoms with Gasteiger partial charge in [-0.25, -0.2) is 9.97 Å². The molecule has 0 aliphatic carbocycles. The van der Waals surface area contributed by atoms with E-state index in [0.717, 1.165) is 6.42 Å². The number of aromatic nitrogens is 2. The molecule has 0 N–H and O–H groups in total. The summed E-state index contributed by atoms with van der Waals surface area (Å²) in [5, 5.41) is 10.8. The highest BCUT2D eigenvalue weighted by Gasteiger charge is 2.27. The van der Waals surface area contributed by atoms with Crippen molar-refractivity contribution in [3.8, 4) is 0 Å². The number of rotatable bonds is 2. The number of carbonyl (C=O) groups is 1. The summed E-state index contributed by atoms with van der Waals surface area (Å²) >= 11 is 0. The van der Waals surface area contributed by atoms with Gasteiger partial charge in [-0.1, -0.05) is 0 Å². The molecule has 0 amide bonds. The number of aliphatic carboxylic acids is 1. The van der Waals surface area contributed by atoms with Gasteiger partial charge in [0, 0.05) is 18.9 Å². The van der Waals surface area contributed by atoms with Crippen LogP contribution in [0.4, 0.5) is 5.95 Å². The number of anilines is 1. The molecule has 2 rings (SSSR count). The predicted molar refractivity (Wildman–Crippen MR) is 47.4 cm³/mol. The van der Waals surface area contributed by atoms with Crippen LogP contribution in [-0.2, 0) is 4.79 Å². The minimum absolute atomic E-state index is 0.471. The smallest absolute Gasteiger partial charge is 0.225 e. The van der Waals surface area contributed by atoms with E-state index in [4.69, 9.17) is 0 Å². The topological polar surface area (TPSA) is 69.2 Å². The van der Waals surface area contributed by atoms with E-state index >= 15 is 0 Å². The molecule has 0 saturated carbocycles. The zero-order chi connectivity index (χ0) is 9.97. The third-order valence-corrected chi connectivity index (χ3v) is 2.33. The molecule has 0 spiro atoms. The number of carboxylic acids is 1. The van der Waals surface area contributed by atoms with Crippen molar-refractivity contribution in [2.75, 3.05) is 11.4 Å². The molecule has 1 saturated heterocycles. The van der Waals surface area contributed by atoms with Crippen molar-refractivity contribution in [1.29, 1.82) is 0 Å². The van der Waals surface area contributed by atoms with E-state index in [2.05, 4.69) is 9.97 Å². The Hall–Kier alpha value is -1.65. The van der Waals surface area contributed by atoms with Gasteiger partial charge in [0.1, 0.15) is 0 Å². The molecule has 1 fully saturated rings. The van der Waals surface area contributed by atoms with Gasteiger partial charge in [-0.2, -0.15) is 0 Å². The maximum atomic E-state index is 10.8. The first-order valence-electron chi connectivity index (χ1n) is 4.53. The molecule has 1 aromatic heterocycles. The highest BCUT2D eigenvalue weighted by molar-refractivity contribution is 5.75. The van der Waals surface area contributed by atoms with Crippen molar-refractivity contribution in [1.82, 2.24) is 9.97 Å². The van der Waals surface area contributed by atoms with Crippen LogP contribution in [0.1, 0.15) is 12.8 Å². The van der Waals surface area contributed by atoms with Crippen molar-refractivity contribution in [3.63, 3.8) is 0 Å². The molecule has 0 unspecified atom stereocenters. The van der Waals surface area contributed by atoms with Gasteiger partial charge < -0.3 is 14.8 Å². The Morgan fingerprint density at radius 1 is 1.50 bits per heavy atom. The van der Waals surface area contributed by atoms with Crippen molar-refractivity contribution in [2.24, 2.45) is 0 Å². The lowest BCUT2D eigenvalue weighted by molar-refractivity contribution is -0.307. The molecular formula is C9H10N3O2-. The Balaban J connectivity index is 2.22. The number of nitrogens with zero attached hydrogens (tertiary/aromatic N) is 3. The Morgan fingerprint density at radius 3 is 2.86 bits per heavy atom. The quantitative estimate of drug-likeness (QED) is 0.613. The molecule has 1 aromatic rings. The van der Waals surface area contributed by atoms with Crippen LogP contribution in [0.25, 0.3) is 0 Å². The van der Waals surface area contributed by atoms with Gasteiger partial charge in [0.25, 0.3) is 0 Å². The van der Waals surface area contributed by atoms with Crippen LogP contribution >= 0.6 is 0 Å². The summed E-state index contributed by atoms with van der Waals surface area (Å²) in [5.74, 6) is -0.575. The third-order valence-electron chi connectivity index (χ3n) is 2.33. The molecule has 1 aliphatic heterocycles. The Labute approximate surface area is 81.4 Å². The minimum Gasteiger partial charge on any atom is -0.548 e. The fourth-order valence-corrected chi connectivity index (χ4v) is 1.69. The number of carbonyl (C=O) groups excluding carboxylic acids is 1. The number of hydrogen-bond acceptors (Lipinski definition) is 5. The fourth-order valence-electron chi connectivity index (χ4n) is 1.69. The predicted octanol–water partition coefficient (Wildman–Crippen LogP) is -0.805. The maximum Gasteiger partial charge on any atom is 0.225 e. The van der Waals surface area contributed by atoms with Crippen LogP contribution in [0.2, 0.25) is 0 Å². The third kappa shape index (κ3) is 1.53. The average molecular weight is 192 g/mol. The zero-order valence-electron chi connectivity index (χ0n) is 7.59. The molecule has 2 heterocycles. The van der Waals surface area contributed by atoms with E-state index < -0.39 is 12.0 Å².